The number of benzene rings is 1. The van der Waals surface area contributed by atoms with Crippen LogP contribution in [-0.2, 0) is 0 Å². The highest BCUT2D eigenvalue weighted by atomic mass is 16.5. The number of hydrogen-bond donors (Lipinski definition) is 0. The Kier molecular flexibility index (Phi) is 6.03. The fourth-order valence-electron chi connectivity index (χ4n) is 1.67. The molecular formula is C14H20N2O2. The van der Waals surface area contributed by atoms with E-state index in [1.807, 2.05) is 0 Å². The highest BCUT2D eigenvalue weighted by Gasteiger charge is 2.03. The lowest BCUT2D eigenvalue weighted by Gasteiger charge is -2.18. The normalized spacial score (nSPS) is 10.2. The molecule has 98 valence electrons. The lowest BCUT2D eigenvalue weighted by molar-refractivity contribution is 0.222. The summed E-state index contributed by atoms with van der Waals surface area (Å²) in [6.07, 6.45) is 0. The van der Waals surface area contributed by atoms with Crippen LogP contribution in [-0.4, -0.2) is 38.3 Å². The molecule has 0 saturated heterocycles. The first kappa shape index (κ1) is 14.3. The summed E-state index contributed by atoms with van der Waals surface area (Å²) in [5.41, 5.74) is 0.548. The second-order valence-electron chi connectivity index (χ2n) is 3.88. The molecule has 0 aromatic heterocycles. The van der Waals surface area contributed by atoms with E-state index in [0.29, 0.717) is 23.7 Å². The molecular weight excluding hydrogens is 228 g/mol. The standard InChI is InChI=1S/C14H20N2O2/c1-4-16(5-2)6-7-18-14-9-12(11-15)8-13(10-14)17-3/h8-10H,4-7H2,1-3H3. The van der Waals surface area contributed by atoms with E-state index in [0.717, 1.165) is 19.6 Å². The topological polar surface area (TPSA) is 45.5 Å². The van der Waals surface area contributed by atoms with Gasteiger partial charge in [-0.3, -0.25) is 0 Å². The van der Waals surface area contributed by atoms with Crippen molar-refractivity contribution in [2.45, 2.75) is 13.8 Å². The minimum Gasteiger partial charge on any atom is -0.497 e. The van der Waals surface area contributed by atoms with Gasteiger partial charge in [0.05, 0.1) is 18.7 Å². The Balaban J connectivity index is 2.59. The molecule has 0 radical (unpaired) electrons. The molecule has 0 fully saturated rings. The second-order valence-corrected chi connectivity index (χ2v) is 3.88. The van der Waals surface area contributed by atoms with E-state index in [4.69, 9.17) is 14.7 Å². The number of likely N-dealkylation sites (N-methyl/N-ethyl adjacent to an activating group) is 1. The molecule has 0 heterocycles. The van der Waals surface area contributed by atoms with Gasteiger partial charge in [0.1, 0.15) is 18.1 Å². The van der Waals surface area contributed by atoms with E-state index in [1.165, 1.54) is 0 Å². The molecule has 0 aliphatic heterocycles. The molecule has 0 N–H and O–H groups in total. The lowest BCUT2D eigenvalue weighted by Crippen LogP contribution is -2.27. The molecule has 0 amide bonds. The molecule has 1 rings (SSSR count). The summed E-state index contributed by atoms with van der Waals surface area (Å²) < 4.78 is 10.8. The Morgan fingerprint density at radius 3 is 2.39 bits per heavy atom. The molecule has 0 spiro atoms. The smallest absolute Gasteiger partial charge is 0.124 e. The average Bonchev–Trinajstić information content (AvgIpc) is 2.43. The molecule has 0 saturated carbocycles. The quantitative estimate of drug-likeness (QED) is 0.742. The number of hydrogen-bond acceptors (Lipinski definition) is 4. The summed E-state index contributed by atoms with van der Waals surface area (Å²) in [7, 11) is 1.58. The van der Waals surface area contributed by atoms with Gasteiger partial charge in [0.25, 0.3) is 0 Å². The highest BCUT2D eigenvalue weighted by molar-refractivity contribution is 5.43. The Morgan fingerprint density at radius 2 is 1.83 bits per heavy atom. The molecule has 1 aromatic carbocycles. The minimum atomic E-state index is 0.548. The molecule has 0 aliphatic carbocycles. The van der Waals surface area contributed by atoms with Crippen molar-refractivity contribution in [2.75, 3.05) is 33.4 Å². The van der Waals surface area contributed by atoms with Crippen LogP contribution in [0.4, 0.5) is 0 Å². The maximum Gasteiger partial charge on any atom is 0.124 e. The molecule has 0 bridgehead atoms. The van der Waals surface area contributed by atoms with Crippen molar-refractivity contribution < 1.29 is 9.47 Å². The largest absolute Gasteiger partial charge is 0.497 e. The summed E-state index contributed by atoms with van der Waals surface area (Å²) >= 11 is 0. The van der Waals surface area contributed by atoms with Gasteiger partial charge in [-0.1, -0.05) is 13.8 Å². The molecule has 4 nitrogen and oxygen atoms in total. The number of ether oxygens (including phenoxy) is 2. The van der Waals surface area contributed by atoms with E-state index in [2.05, 4.69) is 24.8 Å². The summed E-state index contributed by atoms with van der Waals surface area (Å²) in [6.45, 7) is 7.78. The Labute approximate surface area is 109 Å². The van der Waals surface area contributed by atoms with Crippen LogP contribution < -0.4 is 9.47 Å². The van der Waals surface area contributed by atoms with Crippen LogP contribution in [0.25, 0.3) is 0 Å². The van der Waals surface area contributed by atoms with Crippen LogP contribution in [0.15, 0.2) is 18.2 Å². The molecule has 0 aliphatic rings. The van der Waals surface area contributed by atoms with Gasteiger partial charge in [0.15, 0.2) is 0 Å². The van der Waals surface area contributed by atoms with Gasteiger partial charge < -0.3 is 14.4 Å². The first-order chi connectivity index (χ1) is 8.73. The van der Waals surface area contributed by atoms with Crippen LogP contribution in [0.5, 0.6) is 11.5 Å². The van der Waals surface area contributed by atoms with E-state index in [-0.39, 0.29) is 0 Å². The zero-order valence-corrected chi connectivity index (χ0v) is 11.3. The van der Waals surface area contributed by atoms with Crippen molar-refractivity contribution in [1.29, 1.82) is 5.26 Å². The minimum absolute atomic E-state index is 0.548. The van der Waals surface area contributed by atoms with Crippen LogP contribution >= 0.6 is 0 Å². The molecule has 4 heteroatoms. The van der Waals surface area contributed by atoms with Gasteiger partial charge >= 0.3 is 0 Å². The number of nitrogens with zero attached hydrogens (tertiary/aromatic N) is 2. The Hall–Kier alpha value is -1.73. The predicted octanol–water partition coefficient (Wildman–Crippen LogP) is 2.29. The van der Waals surface area contributed by atoms with Gasteiger partial charge in [-0.25, -0.2) is 0 Å². The number of nitriles is 1. The first-order valence-electron chi connectivity index (χ1n) is 6.17. The van der Waals surface area contributed by atoms with Crippen LogP contribution in [0.3, 0.4) is 0 Å². The Bertz CT molecular complexity index is 409. The summed E-state index contributed by atoms with van der Waals surface area (Å²) in [5.74, 6) is 1.32. The SMILES string of the molecule is CCN(CC)CCOc1cc(C#N)cc(OC)c1. The van der Waals surface area contributed by atoms with Crippen molar-refractivity contribution in [2.24, 2.45) is 0 Å². The van der Waals surface area contributed by atoms with Crippen LogP contribution in [0.2, 0.25) is 0 Å². The van der Waals surface area contributed by atoms with Crippen molar-refractivity contribution in [3.63, 3.8) is 0 Å². The predicted molar refractivity (Wildman–Crippen MR) is 71.0 cm³/mol. The van der Waals surface area contributed by atoms with Crippen molar-refractivity contribution in [1.82, 2.24) is 4.90 Å². The van der Waals surface area contributed by atoms with Gasteiger partial charge in [0.2, 0.25) is 0 Å². The van der Waals surface area contributed by atoms with Gasteiger partial charge in [0, 0.05) is 12.6 Å². The Morgan fingerprint density at radius 1 is 1.17 bits per heavy atom. The zero-order chi connectivity index (χ0) is 13.4. The third-order valence-corrected chi connectivity index (χ3v) is 2.82. The maximum atomic E-state index is 8.90. The zero-order valence-electron chi connectivity index (χ0n) is 11.3. The van der Waals surface area contributed by atoms with Crippen LogP contribution in [0.1, 0.15) is 19.4 Å². The fraction of sp³-hybridized carbons (Fsp3) is 0.500. The van der Waals surface area contributed by atoms with Crippen molar-refractivity contribution in [3.8, 4) is 17.6 Å². The third kappa shape index (κ3) is 4.27. The number of rotatable bonds is 7. The summed E-state index contributed by atoms with van der Waals surface area (Å²) in [4.78, 5) is 2.28. The lowest BCUT2D eigenvalue weighted by atomic mass is 10.2. The van der Waals surface area contributed by atoms with Gasteiger partial charge in [-0.05, 0) is 25.2 Å². The monoisotopic (exact) mass is 248 g/mol. The van der Waals surface area contributed by atoms with E-state index >= 15 is 0 Å². The highest BCUT2D eigenvalue weighted by Crippen LogP contribution is 2.22. The van der Waals surface area contributed by atoms with E-state index < -0.39 is 0 Å². The number of methoxy groups -OCH3 is 1. The molecule has 18 heavy (non-hydrogen) atoms. The summed E-state index contributed by atoms with van der Waals surface area (Å²) in [5, 5.41) is 8.90. The van der Waals surface area contributed by atoms with Gasteiger partial charge in [-0.15, -0.1) is 0 Å². The average molecular weight is 248 g/mol. The van der Waals surface area contributed by atoms with E-state index in [9.17, 15) is 0 Å². The first-order valence-corrected chi connectivity index (χ1v) is 6.17. The maximum absolute atomic E-state index is 8.90. The summed E-state index contributed by atoms with van der Waals surface area (Å²) in [6, 6.07) is 7.31. The molecule has 1 aromatic rings. The third-order valence-electron chi connectivity index (χ3n) is 2.82. The fourth-order valence-corrected chi connectivity index (χ4v) is 1.67. The second kappa shape index (κ2) is 7.57. The van der Waals surface area contributed by atoms with Crippen molar-refractivity contribution in [3.05, 3.63) is 23.8 Å². The molecule has 0 unspecified atom stereocenters. The van der Waals surface area contributed by atoms with E-state index in [1.54, 1.807) is 25.3 Å². The van der Waals surface area contributed by atoms with Gasteiger partial charge in [-0.2, -0.15) is 5.26 Å². The van der Waals surface area contributed by atoms with Crippen LogP contribution in [0, 0.1) is 11.3 Å². The van der Waals surface area contributed by atoms with Crippen molar-refractivity contribution >= 4 is 0 Å². The molecule has 0 atom stereocenters.